The zero-order valence-corrected chi connectivity index (χ0v) is 11.4. The molecule has 0 amide bonds. The predicted octanol–water partition coefficient (Wildman–Crippen LogP) is 1.09. The zero-order valence-electron chi connectivity index (χ0n) is 11.4. The lowest BCUT2D eigenvalue weighted by Crippen LogP contribution is -2.39. The predicted molar refractivity (Wildman–Crippen MR) is 68.3 cm³/mol. The quantitative estimate of drug-likeness (QED) is 0.626. The van der Waals surface area contributed by atoms with Gasteiger partial charge in [0.2, 0.25) is 0 Å². The summed E-state index contributed by atoms with van der Waals surface area (Å²) >= 11 is 0. The molecule has 1 aliphatic carbocycles. The van der Waals surface area contributed by atoms with Crippen molar-refractivity contribution in [2.75, 3.05) is 40.6 Å². The summed E-state index contributed by atoms with van der Waals surface area (Å²) in [6.45, 7) is 2.67. The Morgan fingerprint density at radius 1 is 1.33 bits per heavy atom. The second-order valence-corrected chi connectivity index (χ2v) is 4.64. The summed E-state index contributed by atoms with van der Waals surface area (Å²) in [4.78, 5) is 0. The first kappa shape index (κ1) is 15.4. The molecular weight excluding hydrogens is 232 g/mol. The Morgan fingerprint density at radius 2 is 2.17 bits per heavy atom. The molecule has 1 aliphatic rings. The highest BCUT2D eigenvalue weighted by atomic mass is 16.5. The number of ether oxygens (including phenoxy) is 3. The molecule has 0 aliphatic heterocycles. The second-order valence-electron chi connectivity index (χ2n) is 4.64. The third kappa shape index (κ3) is 4.91. The van der Waals surface area contributed by atoms with Crippen molar-refractivity contribution in [3.05, 3.63) is 0 Å². The second kappa shape index (κ2) is 8.44. The first-order valence-corrected chi connectivity index (χ1v) is 6.55. The van der Waals surface area contributed by atoms with E-state index in [4.69, 9.17) is 19.5 Å². The van der Waals surface area contributed by atoms with Crippen LogP contribution in [-0.4, -0.2) is 52.2 Å². The first-order valence-electron chi connectivity index (χ1n) is 6.55. The minimum absolute atomic E-state index is 0.205. The average Bonchev–Trinajstić information content (AvgIpc) is 2.82. The van der Waals surface area contributed by atoms with Crippen molar-refractivity contribution in [3.8, 4) is 6.07 Å². The molecule has 5 nitrogen and oxygen atoms in total. The summed E-state index contributed by atoms with van der Waals surface area (Å²) in [6.07, 6.45) is 3.70. The first-order chi connectivity index (χ1) is 8.76. The van der Waals surface area contributed by atoms with Gasteiger partial charge < -0.3 is 19.5 Å². The highest BCUT2D eigenvalue weighted by Crippen LogP contribution is 2.31. The van der Waals surface area contributed by atoms with Gasteiger partial charge in [-0.25, -0.2) is 0 Å². The summed E-state index contributed by atoms with van der Waals surface area (Å²) < 4.78 is 16.0. The number of hydrogen-bond donors (Lipinski definition) is 1. The van der Waals surface area contributed by atoms with Crippen LogP contribution in [0, 0.1) is 11.3 Å². The summed E-state index contributed by atoms with van der Waals surface area (Å²) in [5.41, 5.74) is -0.375. The minimum Gasteiger partial charge on any atom is -0.382 e. The highest BCUT2D eigenvalue weighted by Gasteiger charge is 2.38. The lowest BCUT2D eigenvalue weighted by molar-refractivity contribution is 0.0246. The third-order valence-electron chi connectivity index (χ3n) is 3.38. The molecular formula is C13H24N2O3. The van der Waals surface area contributed by atoms with Crippen molar-refractivity contribution in [1.82, 2.24) is 5.32 Å². The van der Waals surface area contributed by atoms with Crippen molar-refractivity contribution < 1.29 is 14.2 Å². The Balaban J connectivity index is 2.03. The summed E-state index contributed by atoms with van der Waals surface area (Å²) in [7, 11) is 3.50. The number of methoxy groups -OCH3 is 1. The van der Waals surface area contributed by atoms with E-state index in [0.29, 0.717) is 26.4 Å². The van der Waals surface area contributed by atoms with Gasteiger partial charge in [0.05, 0.1) is 25.4 Å². The van der Waals surface area contributed by atoms with Crippen LogP contribution in [0.15, 0.2) is 0 Å². The van der Waals surface area contributed by atoms with Crippen LogP contribution in [0.5, 0.6) is 0 Å². The van der Waals surface area contributed by atoms with Crippen molar-refractivity contribution >= 4 is 0 Å². The van der Waals surface area contributed by atoms with E-state index in [1.54, 1.807) is 7.11 Å². The van der Waals surface area contributed by atoms with E-state index >= 15 is 0 Å². The van der Waals surface area contributed by atoms with Crippen molar-refractivity contribution in [3.63, 3.8) is 0 Å². The Hall–Kier alpha value is -0.670. The molecule has 18 heavy (non-hydrogen) atoms. The Kier molecular flexibility index (Phi) is 7.21. The van der Waals surface area contributed by atoms with Crippen LogP contribution in [0.2, 0.25) is 0 Å². The molecule has 0 heterocycles. The molecule has 0 saturated heterocycles. The van der Waals surface area contributed by atoms with Crippen molar-refractivity contribution in [2.24, 2.45) is 0 Å². The monoisotopic (exact) mass is 256 g/mol. The van der Waals surface area contributed by atoms with Gasteiger partial charge in [0.1, 0.15) is 5.54 Å². The van der Waals surface area contributed by atoms with Gasteiger partial charge >= 0.3 is 0 Å². The van der Waals surface area contributed by atoms with Crippen molar-refractivity contribution in [1.29, 1.82) is 5.26 Å². The third-order valence-corrected chi connectivity index (χ3v) is 3.38. The summed E-state index contributed by atoms with van der Waals surface area (Å²) in [5.74, 6) is 0. The largest absolute Gasteiger partial charge is 0.382 e. The fraction of sp³-hybridized carbons (Fsp3) is 0.923. The van der Waals surface area contributed by atoms with Crippen LogP contribution < -0.4 is 5.32 Å². The number of rotatable bonds is 9. The molecule has 104 valence electrons. The molecule has 0 aromatic rings. The van der Waals surface area contributed by atoms with Crippen molar-refractivity contribution in [2.45, 2.75) is 37.3 Å². The molecule has 2 unspecified atom stereocenters. The smallest absolute Gasteiger partial charge is 0.109 e. The molecule has 2 atom stereocenters. The molecule has 1 saturated carbocycles. The van der Waals surface area contributed by atoms with Gasteiger partial charge in [-0.3, -0.25) is 0 Å². The lowest BCUT2D eigenvalue weighted by atomic mass is 10.0. The van der Waals surface area contributed by atoms with Crippen LogP contribution in [0.4, 0.5) is 0 Å². The van der Waals surface area contributed by atoms with Gasteiger partial charge in [0.15, 0.2) is 0 Å². The van der Waals surface area contributed by atoms with Gasteiger partial charge in [-0.15, -0.1) is 0 Å². The van der Waals surface area contributed by atoms with Gasteiger partial charge in [0.25, 0.3) is 0 Å². The molecule has 0 aromatic carbocycles. The van der Waals surface area contributed by atoms with Crippen LogP contribution in [0.1, 0.15) is 25.7 Å². The lowest BCUT2D eigenvalue weighted by Gasteiger charge is -2.19. The molecule has 1 fully saturated rings. The van der Waals surface area contributed by atoms with Gasteiger partial charge in [-0.05, 0) is 26.3 Å². The number of hydrogen-bond acceptors (Lipinski definition) is 5. The van der Waals surface area contributed by atoms with E-state index in [1.165, 1.54) is 0 Å². The van der Waals surface area contributed by atoms with E-state index in [0.717, 1.165) is 25.7 Å². The summed E-state index contributed by atoms with van der Waals surface area (Å²) in [6, 6.07) is 2.35. The molecule has 1 rings (SSSR count). The van der Waals surface area contributed by atoms with Crippen LogP contribution >= 0.6 is 0 Å². The normalized spacial score (nSPS) is 27.3. The molecule has 0 radical (unpaired) electrons. The SMILES string of the molecule is CNC1(C#N)CCC(OCCCOCCOC)C1. The fourth-order valence-corrected chi connectivity index (χ4v) is 2.18. The molecule has 0 aromatic heterocycles. The van der Waals surface area contributed by atoms with Gasteiger partial charge in [-0.1, -0.05) is 0 Å². The standard InChI is InChI=1S/C13H24N2O3/c1-15-13(11-14)5-4-12(10-13)18-7-3-6-17-9-8-16-2/h12,15H,3-10H2,1-2H3. The van der Waals surface area contributed by atoms with Gasteiger partial charge in [0, 0.05) is 26.7 Å². The van der Waals surface area contributed by atoms with Crippen LogP contribution in [0.25, 0.3) is 0 Å². The highest BCUT2D eigenvalue weighted by molar-refractivity contribution is 5.11. The topological polar surface area (TPSA) is 63.5 Å². The fourth-order valence-electron chi connectivity index (χ4n) is 2.18. The van der Waals surface area contributed by atoms with E-state index in [1.807, 2.05) is 7.05 Å². The molecule has 5 heteroatoms. The number of nitriles is 1. The van der Waals surface area contributed by atoms with E-state index in [-0.39, 0.29) is 11.6 Å². The van der Waals surface area contributed by atoms with E-state index in [2.05, 4.69) is 11.4 Å². The minimum atomic E-state index is -0.375. The molecule has 0 bridgehead atoms. The molecule has 0 spiro atoms. The zero-order chi connectivity index (χ0) is 13.3. The maximum atomic E-state index is 9.13. The molecule has 1 N–H and O–H groups in total. The Morgan fingerprint density at radius 3 is 2.78 bits per heavy atom. The van der Waals surface area contributed by atoms with Gasteiger partial charge in [-0.2, -0.15) is 5.26 Å². The Labute approximate surface area is 109 Å². The van der Waals surface area contributed by atoms with Crippen LogP contribution in [-0.2, 0) is 14.2 Å². The maximum Gasteiger partial charge on any atom is 0.109 e. The van der Waals surface area contributed by atoms with E-state index < -0.39 is 0 Å². The number of nitrogens with one attached hydrogen (secondary N) is 1. The van der Waals surface area contributed by atoms with Crippen LogP contribution in [0.3, 0.4) is 0 Å². The number of nitrogens with zero attached hydrogens (tertiary/aromatic N) is 1. The average molecular weight is 256 g/mol. The van der Waals surface area contributed by atoms with E-state index in [9.17, 15) is 0 Å². The Bertz CT molecular complexity index is 267. The summed E-state index contributed by atoms with van der Waals surface area (Å²) in [5, 5.41) is 12.2. The maximum absolute atomic E-state index is 9.13.